The van der Waals surface area contributed by atoms with E-state index >= 15 is 0 Å². The fourth-order valence-corrected chi connectivity index (χ4v) is 3.13. The summed E-state index contributed by atoms with van der Waals surface area (Å²) in [5, 5.41) is 0. The summed E-state index contributed by atoms with van der Waals surface area (Å²) in [6.45, 7) is 0.739. The van der Waals surface area contributed by atoms with Gasteiger partial charge in [0.1, 0.15) is 0 Å². The van der Waals surface area contributed by atoms with Crippen LogP contribution in [0, 0.1) is 5.92 Å². The Morgan fingerprint density at radius 2 is 1.94 bits per heavy atom. The summed E-state index contributed by atoms with van der Waals surface area (Å²) in [5.74, 6) is -2.27. The molecule has 2 fully saturated rings. The molecule has 1 amide bonds. The minimum absolute atomic E-state index is 0.0450. The highest BCUT2D eigenvalue weighted by atomic mass is 35.5. The van der Waals surface area contributed by atoms with E-state index in [4.69, 9.17) is 11.6 Å². The molecule has 0 radical (unpaired) electrons. The van der Waals surface area contributed by atoms with Gasteiger partial charge in [-0.1, -0.05) is 0 Å². The van der Waals surface area contributed by atoms with Gasteiger partial charge in [-0.2, -0.15) is 0 Å². The average Bonchev–Trinajstić information content (AvgIpc) is 2.76. The van der Waals surface area contributed by atoms with Crippen molar-refractivity contribution in [1.82, 2.24) is 4.90 Å². The third kappa shape index (κ3) is 2.90. The van der Waals surface area contributed by atoms with Crippen LogP contribution in [0.15, 0.2) is 0 Å². The number of hydrogen-bond acceptors (Lipinski definition) is 1. The molecule has 2 nitrogen and oxygen atoms in total. The standard InChI is InChI=1S/C12H18ClF2NO/c13-8-10-2-1-7-16(10)11(17)9-3-5-12(14,15)6-4-9/h9-10H,1-8H2. The molecule has 1 heterocycles. The van der Waals surface area contributed by atoms with Gasteiger partial charge in [0.2, 0.25) is 11.8 Å². The van der Waals surface area contributed by atoms with Crippen LogP contribution in [0.25, 0.3) is 0 Å². The van der Waals surface area contributed by atoms with Crippen molar-refractivity contribution in [3.05, 3.63) is 0 Å². The number of carbonyl (C=O) groups excluding carboxylic acids is 1. The number of rotatable bonds is 2. The van der Waals surface area contributed by atoms with E-state index in [9.17, 15) is 13.6 Å². The van der Waals surface area contributed by atoms with Gasteiger partial charge in [0.25, 0.3) is 0 Å². The molecule has 1 aliphatic carbocycles. The summed E-state index contributed by atoms with van der Waals surface area (Å²) in [6.07, 6.45) is 2.25. The Morgan fingerprint density at radius 1 is 1.29 bits per heavy atom. The highest BCUT2D eigenvalue weighted by molar-refractivity contribution is 6.18. The second-order valence-electron chi connectivity index (χ2n) is 5.11. The normalized spacial score (nSPS) is 29.6. The van der Waals surface area contributed by atoms with E-state index in [2.05, 4.69) is 0 Å². The Balaban J connectivity index is 1.92. The SMILES string of the molecule is O=C(C1CCC(F)(F)CC1)N1CCCC1CCl. The molecule has 0 spiro atoms. The van der Waals surface area contributed by atoms with Crippen molar-refractivity contribution < 1.29 is 13.6 Å². The van der Waals surface area contributed by atoms with E-state index in [1.54, 1.807) is 4.90 Å². The molecule has 1 saturated heterocycles. The molecule has 98 valence electrons. The third-order valence-electron chi connectivity index (χ3n) is 3.90. The van der Waals surface area contributed by atoms with E-state index in [0.29, 0.717) is 18.7 Å². The molecule has 2 rings (SSSR count). The fraction of sp³-hybridized carbons (Fsp3) is 0.917. The number of hydrogen-bond donors (Lipinski definition) is 0. The summed E-state index contributed by atoms with van der Waals surface area (Å²) in [7, 11) is 0. The first-order valence-corrected chi connectivity index (χ1v) is 6.81. The predicted octanol–water partition coefficient (Wildman–Crippen LogP) is 3.04. The zero-order valence-electron chi connectivity index (χ0n) is 9.80. The lowest BCUT2D eigenvalue weighted by molar-refractivity contribution is -0.140. The second-order valence-corrected chi connectivity index (χ2v) is 5.42. The van der Waals surface area contributed by atoms with Crippen LogP contribution in [0.4, 0.5) is 8.78 Å². The van der Waals surface area contributed by atoms with Crippen molar-refractivity contribution in [2.45, 2.75) is 50.5 Å². The van der Waals surface area contributed by atoms with E-state index in [-0.39, 0.29) is 30.7 Å². The summed E-state index contributed by atoms with van der Waals surface area (Å²) in [6, 6.07) is 0.117. The zero-order valence-corrected chi connectivity index (χ0v) is 10.6. The number of amides is 1. The molecular weight excluding hydrogens is 248 g/mol. The third-order valence-corrected chi connectivity index (χ3v) is 4.26. The van der Waals surface area contributed by atoms with Crippen molar-refractivity contribution in [3.8, 4) is 0 Å². The zero-order chi connectivity index (χ0) is 12.5. The monoisotopic (exact) mass is 265 g/mol. The van der Waals surface area contributed by atoms with Crippen LogP contribution in [0.2, 0.25) is 0 Å². The van der Waals surface area contributed by atoms with Crippen LogP contribution in [-0.4, -0.2) is 35.2 Å². The van der Waals surface area contributed by atoms with Gasteiger partial charge in [-0.25, -0.2) is 8.78 Å². The van der Waals surface area contributed by atoms with Gasteiger partial charge < -0.3 is 4.90 Å². The van der Waals surface area contributed by atoms with Crippen molar-refractivity contribution >= 4 is 17.5 Å². The van der Waals surface area contributed by atoms with E-state index < -0.39 is 5.92 Å². The molecule has 17 heavy (non-hydrogen) atoms. The molecule has 0 N–H and O–H groups in total. The fourth-order valence-electron chi connectivity index (χ4n) is 2.81. The number of alkyl halides is 3. The highest BCUT2D eigenvalue weighted by Gasteiger charge is 2.40. The van der Waals surface area contributed by atoms with Gasteiger partial charge in [-0.3, -0.25) is 4.79 Å². The average molecular weight is 266 g/mol. The number of carbonyl (C=O) groups is 1. The van der Waals surface area contributed by atoms with Gasteiger partial charge in [0, 0.05) is 37.2 Å². The molecule has 0 bridgehead atoms. The summed E-state index contributed by atoms with van der Waals surface area (Å²) in [5.41, 5.74) is 0. The van der Waals surface area contributed by atoms with Gasteiger partial charge >= 0.3 is 0 Å². The Kier molecular flexibility index (Phi) is 3.91. The first-order chi connectivity index (χ1) is 8.03. The summed E-state index contributed by atoms with van der Waals surface area (Å²) in [4.78, 5) is 14.0. The minimum Gasteiger partial charge on any atom is -0.338 e. The molecule has 0 aromatic heterocycles. The van der Waals surface area contributed by atoms with Gasteiger partial charge in [0.15, 0.2) is 0 Å². The Hall–Kier alpha value is -0.380. The van der Waals surface area contributed by atoms with Crippen molar-refractivity contribution in [1.29, 1.82) is 0 Å². The van der Waals surface area contributed by atoms with E-state index in [1.165, 1.54) is 0 Å². The lowest BCUT2D eigenvalue weighted by Gasteiger charge is -2.32. The maximum Gasteiger partial charge on any atom is 0.248 e. The molecule has 0 aromatic carbocycles. The lowest BCUT2D eigenvalue weighted by atomic mass is 9.86. The second kappa shape index (κ2) is 5.09. The maximum atomic E-state index is 13.0. The first-order valence-electron chi connectivity index (χ1n) is 6.28. The highest BCUT2D eigenvalue weighted by Crippen LogP contribution is 2.37. The summed E-state index contributed by atoms with van der Waals surface area (Å²) < 4.78 is 26.0. The van der Waals surface area contributed by atoms with Crippen molar-refractivity contribution in [3.63, 3.8) is 0 Å². The Labute approximate surface area is 105 Å². The van der Waals surface area contributed by atoms with E-state index in [1.807, 2.05) is 0 Å². The topological polar surface area (TPSA) is 20.3 Å². The Morgan fingerprint density at radius 3 is 2.53 bits per heavy atom. The van der Waals surface area contributed by atoms with Crippen LogP contribution in [0.3, 0.4) is 0 Å². The largest absolute Gasteiger partial charge is 0.338 e. The van der Waals surface area contributed by atoms with Gasteiger partial charge in [0.05, 0.1) is 0 Å². The van der Waals surface area contributed by atoms with Crippen molar-refractivity contribution in [2.75, 3.05) is 12.4 Å². The maximum absolute atomic E-state index is 13.0. The number of likely N-dealkylation sites (tertiary alicyclic amines) is 1. The quantitative estimate of drug-likeness (QED) is 0.703. The molecule has 2 aliphatic rings. The molecular formula is C12H18ClF2NO. The minimum atomic E-state index is -2.56. The van der Waals surface area contributed by atoms with Crippen LogP contribution in [0.1, 0.15) is 38.5 Å². The first kappa shape index (κ1) is 13.1. The van der Waals surface area contributed by atoms with Crippen LogP contribution >= 0.6 is 11.6 Å². The molecule has 1 aliphatic heterocycles. The molecule has 1 atom stereocenters. The molecule has 1 saturated carbocycles. The summed E-state index contributed by atoms with van der Waals surface area (Å²) >= 11 is 5.82. The van der Waals surface area contributed by atoms with Gasteiger partial charge in [-0.05, 0) is 25.7 Å². The van der Waals surface area contributed by atoms with Gasteiger partial charge in [-0.15, -0.1) is 11.6 Å². The van der Waals surface area contributed by atoms with E-state index in [0.717, 1.165) is 19.4 Å². The number of halogens is 3. The van der Waals surface area contributed by atoms with Crippen molar-refractivity contribution in [2.24, 2.45) is 5.92 Å². The number of nitrogens with zero attached hydrogens (tertiary/aromatic N) is 1. The molecule has 5 heteroatoms. The molecule has 1 unspecified atom stereocenters. The lowest BCUT2D eigenvalue weighted by Crippen LogP contribution is -2.42. The molecule has 0 aromatic rings. The van der Waals surface area contributed by atoms with Crippen LogP contribution in [-0.2, 0) is 4.79 Å². The smallest absolute Gasteiger partial charge is 0.248 e. The predicted molar refractivity (Wildman–Crippen MR) is 62.4 cm³/mol. The van der Waals surface area contributed by atoms with Crippen LogP contribution in [0.5, 0.6) is 0 Å². The Bertz CT molecular complexity index is 288. The van der Waals surface area contributed by atoms with Crippen LogP contribution < -0.4 is 0 Å².